The second-order valence-electron chi connectivity index (χ2n) is 4.98. The van der Waals surface area contributed by atoms with E-state index in [0.29, 0.717) is 12.5 Å². The summed E-state index contributed by atoms with van der Waals surface area (Å²) in [7, 11) is 1.44. The summed E-state index contributed by atoms with van der Waals surface area (Å²) in [6, 6.07) is 3.74. The Balaban J connectivity index is 2.67. The van der Waals surface area contributed by atoms with Gasteiger partial charge in [0.1, 0.15) is 5.82 Å². The van der Waals surface area contributed by atoms with Gasteiger partial charge in [0, 0.05) is 18.6 Å². The molecule has 0 fully saturated rings. The van der Waals surface area contributed by atoms with Gasteiger partial charge in [0.25, 0.3) is 5.91 Å². The third-order valence-corrected chi connectivity index (χ3v) is 2.83. The smallest absolute Gasteiger partial charge is 0.257 e. The first-order valence-corrected chi connectivity index (χ1v) is 6.66. The molecule has 0 unspecified atom stereocenters. The van der Waals surface area contributed by atoms with Gasteiger partial charge in [0.05, 0.1) is 12.1 Å². The highest BCUT2D eigenvalue weighted by Crippen LogP contribution is 2.16. The maximum atomic E-state index is 13.6. The van der Waals surface area contributed by atoms with Crippen molar-refractivity contribution in [2.45, 2.75) is 13.8 Å². The molecule has 0 saturated heterocycles. The largest absolute Gasteiger partial charge is 0.354 e. The van der Waals surface area contributed by atoms with Crippen LogP contribution in [0.15, 0.2) is 18.2 Å². The van der Waals surface area contributed by atoms with Gasteiger partial charge in [-0.05, 0) is 24.1 Å². The zero-order valence-electron chi connectivity index (χ0n) is 11.7. The fraction of sp³-hybridized carbons (Fsp3) is 0.429. The normalized spacial score (nSPS) is 10.5. The predicted octanol–water partition coefficient (Wildman–Crippen LogP) is 2.32. The molecular weight excluding hydrogens is 283 g/mol. The summed E-state index contributed by atoms with van der Waals surface area (Å²) >= 11 is 5.74. The summed E-state index contributed by atoms with van der Waals surface area (Å²) in [6.07, 6.45) is 0. The zero-order valence-corrected chi connectivity index (χ0v) is 12.5. The minimum atomic E-state index is -0.658. The van der Waals surface area contributed by atoms with Crippen molar-refractivity contribution in [3.63, 3.8) is 0 Å². The van der Waals surface area contributed by atoms with Gasteiger partial charge < -0.3 is 10.2 Å². The summed E-state index contributed by atoms with van der Waals surface area (Å²) in [6.45, 7) is 4.34. The second-order valence-corrected chi connectivity index (χ2v) is 5.42. The molecule has 0 aromatic heterocycles. The first kappa shape index (κ1) is 16.4. The van der Waals surface area contributed by atoms with Crippen molar-refractivity contribution >= 4 is 23.4 Å². The van der Waals surface area contributed by atoms with E-state index in [9.17, 15) is 14.0 Å². The topological polar surface area (TPSA) is 49.4 Å². The summed E-state index contributed by atoms with van der Waals surface area (Å²) in [4.78, 5) is 24.8. The summed E-state index contributed by atoms with van der Waals surface area (Å²) in [5, 5.41) is 2.96. The van der Waals surface area contributed by atoms with E-state index in [2.05, 4.69) is 5.32 Å². The Morgan fingerprint density at radius 2 is 2.05 bits per heavy atom. The number of rotatable bonds is 5. The first-order chi connectivity index (χ1) is 9.31. The van der Waals surface area contributed by atoms with Gasteiger partial charge in [0.2, 0.25) is 5.91 Å². The van der Waals surface area contributed by atoms with Crippen molar-refractivity contribution in [1.82, 2.24) is 10.2 Å². The van der Waals surface area contributed by atoms with Crippen LogP contribution in [0.1, 0.15) is 24.2 Å². The van der Waals surface area contributed by atoms with E-state index in [4.69, 9.17) is 11.6 Å². The molecular formula is C14H18ClFN2O2. The Hall–Kier alpha value is -1.62. The number of likely N-dealkylation sites (N-methyl/N-ethyl adjacent to an activating group) is 1. The van der Waals surface area contributed by atoms with Gasteiger partial charge in [-0.15, -0.1) is 0 Å². The monoisotopic (exact) mass is 300 g/mol. The Labute approximate surface area is 122 Å². The third kappa shape index (κ3) is 4.81. The van der Waals surface area contributed by atoms with Crippen LogP contribution in [0.25, 0.3) is 0 Å². The summed E-state index contributed by atoms with van der Waals surface area (Å²) < 4.78 is 13.6. The quantitative estimate of drug-likeness (QED) is 0.907. The fourth-order valence-corrected chi connectivity index (χ4v) is 1.70. The lowest BCUT2D eigenvalue weighted by Crippen LogP contribution is -2.39. The van der Waals surface area contributed by atoms with Crippen LogP contribution in [0.3, 0.4) is 0 Å². The molecule has 2 amide bonds. The molecule has 1 rings (SSSR count). The fourth-order valence-electron chi connectivity index (χ4n) is 1.53. The third-order valence-electron chi connectivity index (χ3n) is 2.59. The molecule has 1 N–H and O–H groups in total. The van der Waals surface area contributed by atoms with E-state index >= 15 is 0 Å². The van der Waals surface area contributed by atoms with Crippen LogP contribution in [0.2, 0.25) is 5.02 Å². The average Bonchev–Trinajstić information content (AvgIpc) is 2.38. The number of carbonyl (C=O) groups is 2. The number of nitrogens with one attached hydrogen (secondary N) is 1. The van der Waals surface area contributed by atoms with E-state index in [0.717, 1.165) is 11.0 Å². The van der Waals surface area contributed by atoms with E-state index in [1.54, 1.807) is 0 Å². The summed E-state index contributed by atoms with van der Waals surface area (Å²) in [5.41, 5.74) is -0.142. The molecule has 1 aromatic carbocycles. The number of hydrogen-bond acceptors (Lipinski definition) is 2. The first-order valence-electron chi connectivity index (χ1n) is 6.28. The van der Waals surface area contributed by atoms with Gasteiger partial charge in [-0.25, -0.2) is 4.39 Å². The van der Waals surface area contributed by atoms with Crippen molar-refractivity contribution in [3.8, 4) is 0 Å². The van der Waals surface area contributed by atoms with Crippen molar-refractivity contribution in [2.24, 2.45) is 5.92 Å². The molecule has 0 aliphatic carbocycles. The molecule has 1 aromatic rings. The Morgan fingerprint density at radius 1 is 1.40 bits per heavy atom. The highest BCUT2D eigenvalue weighted by molar-refractivity contribution is 6.31. The van der Waals surface area contributed by atoms with Crippen LogP contribution < -0.4 is 5.32 Å². The average molecular weight is 301 g/mol. The maximum Gasteiger partial charge on any atom is 0.257 e. The van der Waals surface area contributed by atoms with Crippen LogP contribution in [-0.2, 0) is 4.79 Å². The standard InChI is InChI=1S/C14H18ClFN2O2/c1-9(2)7-17-13(19)8-18(3)14(20)11-6-10(15)4-5-12(11)16/h4-6,9H,7-8H2,1-3H3,(H,17,19). The van der Waals surface area contributed by atoms with Gasteiger partial charge in [-0.3, -0.25) is 9.59 Å². The molecule has 20 heavy (non-hydrogen) atoms. The number of nitrogens with zero attached hydrogens (tertiary/aromatic N) is 1. The predicted molar refractivity (Wildman–Crippen MR) is 76.2 cm³/mol. The van der Waals surface area contributed by atoms with E-state index in [1.165, 1.54) is 19.2 Å². The van der Waals surface area contributed by atoms with Crippen LogP contribution in [0.4, 0.5) is 4.39 Å². The highest BCUT2D eigenvalue weighted by atomic mass is 35.5. The van der Waals surface area contributed by atoms with Gasteiger partial charge in [-0.1, -0.05) is 25.4 Å². The van der Waals surface area contributed by atoms with Crippen LogP contribution >= 0.6 is 11.6 Å². The van der Waals surface area contributed by atoms with E-state index < -0.39 is 11.7 Å². The Kier molecular flexibility index (Phi) is 5.95. The number of halogens is 2. The van der Waals surface area contributed by atoms with Crippen LogP contribution in [0.5, 0.6) is 0 Å². The lowest BCUT2D eigenvalue weighted by atomic mass is 10.2. The molecule has 4 nitrogen and oxygen atoms in total. The minimum absolute atomic E-state index is 0.127. The SMILES string of the molecule is CC(C)CNC(=O)CN(C)C(=O)c1cc(Cl)ccc1F. The van der Waals surface area contributed by atoms with Crippen molar-refractivity contribution in [2.75, 3.05) is 20.1 Å². The van der Waals surface area contributed by atoms with Gasteiger partial charge in [0.15, 0.2) is 0 Å². The molecule has 0 saturated carbocycles. The van der Waals surface area contributed by atoms with Crippen LogP contribution in [0, 0.1) is 11.7 Å². The molecule has 110 valence electrons. The Morgan fingerprint density at radius 3 is 2.65 bits per heavy atom. The van der Waals surface area contributed by atoms with E-state index in [1.807, 2.05) is 13.8 Å². The molecule has 6 heteroatoms. The van der Waals surface area contributed by atoms with Crippen molar-refractivity contribution in [3.05, 3.63) is 34.6 Å². The van der Waals surface area contributed by atoms with E-state index in [-0.39, 0.29) is 23.0 Å². The maximum absolute atomic E-state index is 13.6. The lowest BCUT2D eigenvalue weighted by Gasteiger charge is -2.17. The molecule has 0 radical (unpaired) electrons. The van der Waals surface area contributed by atoms with Crippen molar-refractivity contribution in [1.29, 1.82) is 0 Å². The molecule has 0 spiro atoms. The number of hydrogen-bond donors (Lipinski definition) is 1. The minimum Gasteiger partial charge on any atom is -0.354 e. The Bertz CT molecular complexity index is 506. The molecule has 0 heterocycles. The molecule has 0 aliphatic rings. The number of benzene rings is 1. The highest BCUT2D eigenvalue weighted by Gasteiger charge is 2.18. The van der Waals surface area contributed by atoms with Gasteiger partial charge >= 0.3 is 0 Å². The molecule has 0 bridgehead atoms. The molecule has 0 atom stereocenters. The molecule has 0 aliphatic heterocycles. The van der Waals surface area contributed by atoms with Gasteiger partial charge in [-0.2, -0.15) is 0 Å². The number of carbonyl (C=O) groups excluding carboxylic acids is 2. The number of amides is 2. The second kappa shape index (κ2) is 7.24. The lowest BCUT2D eigenvalue weighted by molar-refractivity contribution is -0.121. The summed E-state index contributed by atoms with van der Waals surface area (Å²) in [5.74, 6) is -1.19. The van der Waals surface area contributed by atoms with Crippen molar-refractivity contribution < 1.29 is 14.0 Å². The van der Waals surface area contributed by atoms with Crippen LogP contribution in [-0.4, -0.2) is 36.9 Å². The zero-order chi connectivity index (χ0) is 15.3.